The molecule has 140 valence electrons. The molecule has 0 radical (unpaired) electrons. The second kappa shape index (κ2) is 8.00. The highest BCUT2D eigenvalue weighted by Crippen LogP contribution is 2.30. The van der Waals surface area contributed by atoms with Gasteiger partial charge in [0.05, 0.1) is 0 Å². The fourth-order valence-corrected chi connectivity index (χ4v) is 3.48. The molecule has 1 unspecified atom stereocenters. The van der Waals surface area contributed by atoms with E-state index in [4.69, 9.17) is 15.2 Å². The molecule has 1 aliphatic rings. The average molecular weight is 363 g/mol. The summed E-state index contributed by atoms with van der Waals surface area (Å²) in [6.45, 7) is 4.53. The highest BCUT2D eigenvalue weighted by Gasteiger charge is 2.30. The lowest BCUT2D eigenvalue weighted by molar-refractivity contribution is 0.111. The van der Waals surface area contributed by atoms with E-state index >= 15 is 0 Å². The minimum atomic E-state index is -0.0236. The number of nitrogens with zero attached hydrogens (tertiary/aromatic N) is 4. The molecular weight excluding hydrogens is 338 g/mol. The monoisotopic (exact) mass is 363 g/mol. The van der Waals surface area contributed by atoms with Crippen molar-refractivity contribution in [1.82, 2.24) is 19.9 Å². The zero-order chi connectivity index (χ0) is 18.6. The first kappa shape index (κ1) is 17.9. The number of likely N-dealkylation sites (N-methyl/N-ethyl adjacent to an activating group) is 1. The van der Waals surface area contributed by atoms with Crippen molar-refractivity contribution in [2.24, 2.45) is 5.73 Å². The number of rotatable bonds is 5. The molecule has 2 aromatic carbocycles. The summed E-state index contributed by atoms with van der Waals surface area (Å²) in [4.78, 5) is 9.51. The molecule has 4 rings (SSSR count). The van der Waals surface area contributed by atoms with E-state index in [0.29, 0.717) is 18.3 Å². The van der Waals surface area contributed by atoms with Gasteiger partial charge in [0.2, 0.25) is 11.7 Å². The Hall–Kier alpha value is -2.54. The molecule has 0 saturated carbocycles. The minimum absolute atomic E-state index is 0.0236. The molecule has 1 atom stereocenters. The number of nitrogens with two attached hydrogens (primary N) is 1. The van der Waals surface area contributed by atoms with Crippen LogP contribution in [0.1, 0.15) is 23.1 Å². The number of hydrogen-bond acceptors (Lipinski definition) is 6. The van der Waals surface area contributed by atoms with Gasteiger partial charge in [0.25, 0.3) is 0 Å². The molecule has 27 heavy (non-hydrogen) atoms. The zero-order valence-electron chi connectivity index (χ0n) is 15.6. The first-order valence-electron chi connectivity index (χ1n) is 9.35. The number of benzene rings is 2. The second-order valence-electron chi connectivity index (χ2n) is 7.01. The average Bonchev–Trinajstić information content (AvgIpc) is 3.20. The van der Waals surface area contributed by atoms with Gasteiger partial charge in [-0.2, -0.15) is 4.98 Å². The molecule has 0 aliphatic carbocycles. The molecular formula is C21H25N5O. The molecule has 2 N–H and O–H groups in total. The summed E-state index contributed by atoms with van der Waals surface area (Å²) < 4.78 is 5.73. The summed E-state index contributed by atoms with van der Waals surface area (Å²) >= 11 is 0. The summed E-state index contributed by atoms with van der Waals surface area (Å²) in [5.74, 6) is 1.26. The van der Waals surface area contributed by atoms with Gasteiger partial charge >= 0.3 is 0 Å². The van der Waals surface area contributed by atoms with Gasteiger partial charge in [-0.1, -0.05) is 59.8 Å². The normalized spacial score (nSPS) is 17.1. The van der Waals surface area contributed by atoms with Crippen molar-refractivity contribution in [2.75, 3.05) is 33.2 Å². The van der Waals surface area contributed by atoms with Gasteiger partial charge in [-0.25, -0.2) is 0 Å². The van der Waals surface area contributed by atoms with E-state index in [2.05, 4.69) is 46.3 Å². The van der Waals surface area contributed by atoms with E-state index in [1.807, 2.05) is 30.3 Å². The van der Waals surface area contributed by atoms with Crippen LogP contribution in [0.2, 0.25) is 0 Å². The molecule has 6 heteroatoms. The molecule has 6 nitrogen and oxygen atoms in total. The second-order valence-corrected chi connectivity index (χ2v) is 7.01. The van der Waals surface area contributed by atoms with Crippen LogP contribution in [0.5, 0.6) is 0 Å². The van der Waals surface area contributed by atoms with Crippen LogP contribution in [0.3, 0.4) is 0 Å². The largest absolute Gasteiger partial charge is 0.337 e. The summed E-state index contributed by atoms with van der Waals surface area (Å²) in [6.07, 6.45) is 0. The van der Waals surface area contributed by atoms with E-state index < -0.39 is 0 Å². The Bertz CT molecular complexity index is 854. The SMILES string of the molecule is CN1CCN(C(c2ccccc2)c2nc(-c3ccc(CN)cc3)no2)CC1. The summed E-state index contributed by atoms with van der Waals surface area (Å²) in [6, 6.07) is 18.4. The van der Waals surface area contributed by atoms with Crippen LogP contribution in [0, 0.1) is 0 Å². The molecule has 1 aliphatic heterocycles. The molecule has 1 saturated heterocycles. The third kappa shape index (κ3) is 3.93. The quantitative estimate of drug-likeness (QED) is 0.751. The predicted molar refractivity (Wildman–Crippen MR) is 105 cm³/mol. The van der Waals surface area contributed by atoms with Crippen molar-refractivity contribution in [3.63, 3.8) is 0 Å². The van der Waals surface area contributed by atoms with Crippen molar-refractivity contribution in [3.8, 4) is 11.4 Å². The van der Waals surface area contributed by atoms with Crippen molar-refractivity contribution >= 4 is 0 Å². The van der Waals surface area contributed by atoms with Crippen LogP contribution in [0.4, 0.5) is 0 Å². The van der Waals surface area contributed by atoms with Crippen LogP contribution < -0.4 is 5.73 Å². The maximum Gasteiger partial charge on any atom is 0.248 e. The molecule has 3 aromatic rings. The molecule has 0 amide bonds. The first-order valence-corrected chi connectivity index (χ1v) is 9.35. The van der Waals surface area contributed by atoms with Crippen LogP contribution >= 0.6 is 0 Å². The minimum Gasteiger partial charge on any atom is -0.337 e. The van der Waals surface area contributed by atoms with Crippen molar-refractivity contribution < 1.29 is 4.52 Å². The Balaban J connectivity index is 1.65. The Kier molecular flexibility index (Phi) is 5.29. The fraction of sp³-hybridized carbons (Fsp3) is 0.333. The lowest BCUT2D eigenvalue weighted by Crippen LogP contribution is -2.46. The zero-order valence-corrected chi connectivity index (χ0v) is 15.6. The highest BCUT2D eigenvalue weighted by atomic mass is 16.5. The number of aromatic nitrogens is 2. The Morgan fingerprint density at radius 2 is 1.70 bits per heavy atom. The third-order valence-corrected chi connectivity index (χ3v) is 5.14. The highest BCUT2D eigenvalue weighted by molar-refractivity contribution is 5.54. The molecule has 0 spiro atoms. The van der Waals surface area contributed by atoms with Crippen LogP contribution in [-0.4, -0.2) is 53.2 Å². The van der Waals surface area contributed by atoms with E-state index in [1.165, 1.54) is 5.56 Å². The topological polar surface area (TPSA) is 71.4 Å². The van der Waals surface area contributed by atoms with Gasteiger partial charge in [0.1, 0.15) is 6.04 Å². The smallest absolute Gasteiger partial charge is 0.248 e. The Morgan fingerprint density at radius 1 is 1.00 bits per heavy atom. The van der Waals surface area contributed by atoms with Gasteiger partial charge in [0.15, 0.2) is 0 Å². The van der Waals surface area contributed by atoms with Crippen molar-refractivity contribution in [3.05, 3.63) is 71.6 Å². The van der Waals surface area contributed by atoms with E-state index in [-0.39, 0.29) is 6.04 Å². The Morgan fingerprint density at radius 3 is 2.37 bits per heavy atom. The molecule has 1 fully saturated rings. The predicted octanol–water partition coefficient (Wildman–Crippen LogP) is 2.53. The first-order chi connectivity index (χ1) is 13.2. The number of piperazine rings is 1. The summed E-state index contributed by atoms with van der Waals surface area (Å²) in [7, 11) is 2.16. The van der Waals surface area contributed by atoms with Gasteiger partial charge in [-0.05, 0) is 18.2 Å². The van der Waals surface area contributed by atoms with E-state index in [1.54, 1.807) is 0 Å². The van der Waals surface area contributed by atoms with Crippen molar-refractivity contribution in [2.45, 2.75) is 12.6 Å². The van der Waals surface area contributed by atoms with Crippen molar-refractivity contribution in [1.29, 1.82) is 0 Å². The standard InChI is InChI=1S/C21H25N5O/c1-25-11-13-26(14-12-25)19(17-5-3-2-4-6-17)21-23-20(24-27-21)18-9-7-16(15-22)8-10-18/h2-10,19H,11-15,22H2,1H3. The maximum atomic E-state index is 5.73. The lowest BCUT2D eigenvalue weighted by Gasteiger charge is -2.36. The van der Waals surface area contributed by atoms with E-state index in [0.717, 1.165) is 37.3 Å². The third-order valence-electron chi connectivity index (χ3n) is 5.14. The van der Waals surface area contributed by atoms with Gasteiger partial charge in [0, 0.05) is 38.3 Å². The van der Waals surface area contributed by atoms with Crippen LogP contribution in [0.25, 0.3) is 11.4 Å². The van der Waals surface area contributed by atoms with Gasteiger partial charge < -0.3 is 15.2 Å². The van der Waals surface area contributed by atoms with Gasteiger partial charge in [-0.15, -0.1) is 0 Å². The molecule has 0 bridgehead atoms. The van der Waals surface area contributed by atoms with Gasteiger partial charge in [-0.3, -0.25) is 4.90 Å². The Labute approximate surface area is 159 Å². The lowest BCUT2D eigenvalue weighted by atomic mass is 10.0. The summed E-state index contributed by atoms with van der Waals surface area (Å²) in [5, 5.41) is 4.24. The molecule has 1 aromatic heterocycles. The van der Waals surface area contributed by atoms with Crippen LogP contribution in [-0.2, 0) is 6.54 Å². The molecule has 2 heterocycles. The van der Waals surface area contributed by atoms with E-state index in [9.17, 15) is 0 Å². The van der Waals surface area contributed by atoms with Crippen LogP contribution in [0.15, 0.2) is 59.1 Å². The fourth-order valence-electron chi connectivity index (χ4n) is 3.48. The number of hydrogen-bond donors (Lipinski definition) is 1. The maximum absolute atomic E-state index is 5.73. The summed E-state index contributed by atoms with van der Waals surface area (Å²) in [5.41, 5.74) is 8.88.